The number of carbonyl (C=O) groups is 2. The number of aliphatic hydroxyl groups excluding tert-OH is 4. The standard InChI is InChI=1S/C51H78O8/c1-10-39(4)25-16-14-12-11-13-15-17-33-44(36-52)51(9,35-23-32-43(8)49(57)59-50-48(56)47(55)46(54)45(37-53)58-50)34-19-18-26-40(5)28-21-30-42(7)31-22-29-41(6)27-20-24-38(2)3/h17-19,21-24,26,28-33,35-36,39,44-48,50,53-56H,10-16,20,25,27,34,37H2,1-9H3/b19-18+,28-21+,31-22+,33-17-,35-23+,40-26+,41-29+,42-30+,43-32+/t39?,44?,45-,46-,47+,48-,50-,51?/m1/s1. The number of carbonyl (C=O) groups excluding carboxylic acids is 2. The van der Waals surface area contributed by atoms with Crippen molar-refractivity contribution in [3.8, 4) is 0 Å². The fourth-order valence-electron chi connectivity index (χ4n) is 6.35. The molecule has 0 spiro atoms. The Morgan fingerprint density at radius 2 is 1.44 bits per heavy atom. The minimum absolute atomic E-state index is 0.185. The first-order chi connectivity index (χ1) is 28.1. The topological polar surface area (TPSA) is 134 Å². The molecular weight excluding hydrogens is 741 g/mol. The van der Waals surface area contributed by atoms with E-state index in [4.69, 9.17) is 9.47 Å². The predicted octanol–water partition coefficient (Wildman–Crippen LogP) is 10.6. The molecule has 4 N–H and O–H groups in total. The molecule has 59 heavy (non-hydrogen) atoms. The van der Waals surface area contributed by atoms with E-state index >= 15 is 0 Å². The first-order valence-corrected chi connectivity index (χ1v) is 21.7. The van der Waals surface area contributed by atoms with Crippen molar-refractivity contribution >= 4 is 12.3 Å². The second kappa shape index (κ2) is 30.4. The van der Waals surface area contributed by atoms with E-state index in [0.717, 1.165) is 49.0 Å². The third-order valence-electron chi connectivity index (χ3n) is 10.8. The van der Waals surface area contributed by atoms with Crippen molar-refractivity contribution in [3.05, 3.63) is 119 Å². The fraction of sp³-hybridized carbons (Fsp3) is 0.569. The average Bonchev–Trinajstić information content (AvgIpc) is 3.20. The number of hydrogen-bond donors (Lipinski definition) is 4. The summed E-state index contributed by atoms with van der Waals surface area (Å²) < 4.78 is 10.6. The van der Waals surface area contributed by atoms with Crippen LogP contribution in [0.2, 0.25) is 0 Å². The molecule has 1 rings (SSSR count). The first kappa shape index (κ1) is 53.4. The second-order valence-electron chi connectivity index (χ2n) is 16.8. The average molecular weight is 819 g/mol. The van der Waals surface area contributed by atoms with Gasteiger partial charge in [-0.1, -0.05) is 173 Å². The number of aliphatic hydroxyl groups is 4. The van der Waals surface area contributed by atoms with Gasteiger partial charge in [-0.15, -0.1) is 0 Å². The molecule has 0 amide bonds. The Bertz CT molecular complexity index is 1550. The zero-order valence-corrected chi connectivity index (χ0v) is 37.7. The molecule has 330 valence electrons. The number of esters is 1. The first-order valence-electron chi connectivity index (χ1n) is 21.7. The number of allylic oxidation sites excluding steroid dienone is 19. The summed E-state index contributed by atoms with van der Waals surface area (Å²) in [6.07, 6.45) is 35.6. The Labute approximate surface area is 357 Å². The lowest BCUT2D eigenvalue weighted by atomic mass is 9.74. The number of aldehydes is 1. The summed E-state index contributed by atoms with van der Waals surface area (Å²) in [4.78, 5) is 25.5. The van der Waals surface area contributed by atoms with Gasteiger partial charge in [0, 0.05) is 16.9 Å². The minimum atomic E-state index is -1.69. The van der Waals surface area contributed by atoms with Crippen molar-refractivity contribution < 1.29 is 39.5 Å². The highest BCUT2D eigenvalue weighted by Gasteiger charge is 2.45. The normalized spacial score (nSPS) is 23.4. The SMILES string of the molecule is CCC(C)CCCCCCC/C=C\C(C=O)C(C)(/C=C/C=C(\C)C(=O)O[C@H]1O[C@H](CO)[C@@H](O)[C@H](O)[C@H]1O)C/C=C/C=C(C)/C=C/C=C(C)/C=C/C=C(\C)CCC=C(C)C. The zero-order chi connectivity index (χ0) is 44.2. The van der Waals surface area contributed by atoms with Gasteiger partial charge in [0.1, 0.15) is 30.7 Å². The maximum absolute atomic E-state index is 12.9. The van der Waals surface area contributed by atoms with Gasteiger partial charge in [-0.05, 0) is 79.6 Å². The molecule has 1 aliphatic heterocycles. The van der Waals surface area contributed by atoms with Crippen LogP contribution in [0.15, 0.2) is 119 Å². The quantitative estimate of drug-likeness (QED) is 0.0161. The van der Waals surface area contributed by atoms with Gasteiger partial charge in [0.2, 0.25) is 6.29 Å². The molecule has 1 saturated heterocycles. The van der Waals surface area contributed by atoms with E-state index in [9.17, 15) is 30.0 Å². The van der Waals surface area contributed by atoms with E-state index in [1.807, 2.05) is 50.3 Å². The van der Waals surface area contributed by atoms with Crippen molar-refractivity contribution in [2.45, 2.75) is 164 Å². The lowest BCUT2D eigenvalue weighted by molar-refractivity contribution is -0.291. The number of hydrogen-bond acceptors (Lipinski definition) is 8. The molecule has 8 atom stereocenters. The summed E-state index contributed by atoms with van der Waals surface area (Å²) in [5.74, 6) is -0.432. The summed E-state index contributed by atoms with van der Waals surface area (Å²) in [7, 11) is 0. The van der Waals surface area contributed by atoms with Gasteiger partial charge in [0.15, 0.2) is 0 Å². The zero-order valence-electron chi connectivity index (χ0n) is 37.7. The van der Waals surface area contributed by atoms with E-state index in [2.05, 4.69) is 84.1 Å². The summed E-state index contributed by atoms with van der Waals surface area (Å²) in [6, 6.07) is 0. The summed E-state index contributed by atoms with van der Waals surface area (Å²) in [5.41, 5.74) is 4.49. The van der Waals surface area contributed by atoms with Gasteiger partial charge < -0.3 is 34.7 Å². The van der Waals surface area contributed by atoms with Gasteiger partial charge in [-0.3, -0.25) is 0 Å². The van der Waals surface area contributed by atoms with Crippen molar-refractivity contribution in [3.63, 3.8) is 0 Å². The molecule has 0 aromatic carbocycles. The van der Waals surface area contributed by atoms with E-state index in [-0.39, 0.29) is 5.57 Å². The van der Waals surface area contributed by atoms with Gasteiger partial charge in [0.25, 0.3) is 0 Å². The van der Waals surface area contributed by atoms with Crippen LogP contribution in [0.3, 0.4) is 0 Å². The van der Waals surface area contributed by atoms with E-state index in [1.54, 1.807) is 12.2 Å². The molecule has 0 bridgehead atoms. The van der Waals surface area contributed by atoms with E-state index in [0.29, 0.717) is 6.42 Å². The third-order valence-corrected chi connectivity index (χ3v) is 10.8. The van der Waals surface area contributed by atoms with E-state index in [1.165, 1.54) is 56.6 Å². The van der Waals surface area contributed by atoms with Gasteiger partial charge in [-0.2, -0.15) is 0 Å². The summed E-state index contributed by atoms with van der Waals surface area (Å²) >= 11 is 0. The molecular formula is C51H78O8. The Hall–Kier alpha value is -3.66. The number of unbranched alkanes of at least 4 members (excludes halogenated alkanes) is 5. The van der Waals surface area contributed by atoms with Crippen LogP contribution in [0.4, 0.5) is 0 Å². The fourth-order valence-corrected chi connectivity index (χ4v) is 6.35. The van der Waals surface area contributed by atoms with Crippen molar-refractivity contribution in [2.24, 2.45) is 17.3 Å². The molecule has 8 nitrogen and oxygen atoms in total. The summed E-state index contributed by atoms with van der Waals surface area (Å²) in [5, 5.41) is 39.9. The highest BCUT2D eigenvalue weighted by molar-refractivity contribution is 5.88. The van der Waals surface area contributed by atoms with Crippen LogP contribution in [0.1, 0.15) is 133 Å². The van der Waals surface area contributed by atoms with Crippen molar-refractivity contribution in [1.29, 1.82) is 0 Å². The second-order valence-corrected chi connectivity index (χ2v) is 16.8. The van der Waals surface area contributed by atoms with Gasteiger partial charge in [-0.25, -0.2) is 4.79 Å². The lowest BCUT2D eigenvalue weighted by Crippen LogP contribution is -2.59. The Morgan fingerprint density at radius 3 is 2.08 bits per heavy atom. The van der Waals surface area contributed by atoms with Crippen LogP contribution >= 0.6 is 0 Å². The van der Waals surface area contributed by atoms with Crippen LogP contribution in [0, 0.1) is 17.3 Å². The van der Waals surface area contributed by atoms with Crippen molar-refractivity contribution in [2.75, 3.05) is 6.61 Å². The molecule has 3 unspecified atom stereocenters. The smallest absolute Gasteiger partial charge is 0.336 e. The monoisotopic (exact) mass is 819 g/mol. The lowest BCUT2D eigenvalue weighted by Gasteiger charge is -2.39. The maximum Gasteiger partial charge on any atom is 0.336 e. The Balaban J connectivity index is 3.07. The van der Waals surface area contributed by atoms with Crippen LogP contribution in [0.5, 0.6) is 0 Å². The van der Waals surface area contributed by atoms with Crippen LogP contribution in [-0.4, -0.2) is 70.0 Å². The maximum atomic E-state index is 12.9. The molecule has 0 aromatic heterocycles. The van der Waals surface area contributed by atoms with Crippen LogP contribution < -0.4 is 0 Å². The largest absolute Gasteiger partial charge is 0.429 e. The molecule has 1 aliphatic rings. The molecule has 0 radical (unpaired) electrons. The Kier molecular flexibility index (Phi) is 27.5. The molecule has 1 heterocycles. The molecule has 1 fully saturated rings. The van der Waals surface area contributed by atoms with Crippen molar-refractivity contribution in [1.82, 2.24) is 0 Å². The van der Waals surface area contributed by atoms with Gasteiger partial charge in [0.05, 0.1) is 6.61 Å². The van der Waals surface area contributed by atoms with Crippen LogP contribution in [0.25, 0.3) is 0 Å². The predicted molar refractivity (Wildman–Crippen MR) is 243 cm³/mol. The molecule has 0 saturated carbocycles. The van der Waals surface area contributed by atoms with Gasteiger partial charge >= 0.3 is 5.97 Å². The highest BCUT2D eigenvalue weighted by Crippen LogP contribution is 2.34. The van der Waals surface area contributed by atoms with Crippen LogP contribution in [-0.2, 0) is 19.1 Å². The molecule has 8 heteroatoms. The molecule has 0 aromatic rings. The number of ether oxygens (including phenoxy) is 2. The third kappa shape index (κ3) is 22.5. The minimum Gasteiger partial charge on any atom is -0.429 e. The van der Waals surface area contributed by atoms with E-state index < -0.39 is 54.6 Å². The highest BCUT2D eigenvalue weighted by atomic mass is 16.7. The number of rotatable bonds is 27. The Morgan fingerprint density at radius 1 is 0.797 bits per heavy atom. The molecule has 0 aliphatic carbocycles. The summed E-state index contributed by atoms with van der Waals surface area (Å²) in [6.45, 7) is 18.0.